The van der Waals surface area contributed by atoms with E-state index < -0.39 is 0 Å². The van der Waals surface area contributed by atoms with Crippen LogP contribution in [0.2, 0.25) is 0 Å². The van der Waals surface area contributed by atoms with Crippen molar-refractivity contribution in [3.63, 3.8) is 0 Å². The Morgan fingerprint density at radius 2 is 2.29 bits per heavy atom. The van der Waals surface area contributed by atoms with Gasteiger partial charge < -0.3 is 10.1 Å². The van der Waals surface area contributed by atoms with Gasteiger partial charge in [-0.25, -0.2) is 0 Å². The van der Waals surface area contributed by atoms with Crippen LogP contribution >= 0.6 is 0 Å². The van der Waals surface area contributed by atoms with Crippen LogP contribution in [0, 0.1) is 0 Å². The van der Waals surface area contributed by atoms with E-state index in [0.29, 0.717) is 19.6 Å². The highest BCUT2D eigenvalue weighted by Gasteiger charge is 1.98. The highest BCUT2D eigenvalue weighted by molar-refractivity contribution is 5.75. The van der Waals surface area contributed by atoms with E-state index in [1.54, 1.807) is 6.08 Å². The fraction of sp³-hybridized carbons (Fsp3) is 0.727. The Labute approximate surface area is 86.5 Å². The van der Waals surface area contributed by atoms with Crippen molar-refractivity contribution >= 4 is 5.91 Å². The number of amides is 1. The maximum Gasteiger partial charge on any atom is 0.222 e. The number of ether oxygens (including phenoxy) is 1. The van der Waals surface area contributed by atoms with Gasteiger partial charge in [0.05, 0.1) is 13.2 Å². The molecule has 82 valence electrons. The van der Waals surface area contributed by atoms with Gasteiger partial charge in [-0.15, -0.1) is 6.58 Å². The quantitative estimate of drug-likeness (QED) is 0.455. The van der Waals surface area contributed by atoms with Crippen molar-refractivity contribution in [2.24, 2.45) is 0 Å². The Bertz CT molecular complexity index is 157. The molecule has 0 rings (SSSR count). The Morgan fingerprint density at radius 3 is 2.93 bits per heavy atom. The second kappa shape index (κ2) is 10.3. The molecule has 3 nitrogen and oxygen atoms in total. The molecule has 0 saturated carbocycles. The second-order valence-electron chi connectivity index (χ2n) is 3.17. The summed E-state index contributed by atoms with van der Waals surface area (Å²) in [4.78, 5) is 11.2. The third-order valence-corrected chi connectivity index (χ3v) is 1.81. The smallest absolute Gasteiger partial charge is 0.222 e. The van der Waals surface area contributed by atoms with Gasteiger partial charge in [0.25, 0.3) is 0 Å². The van der Waals surface area contributed by atoms with Crippen LogP contribution in [0.4, 0.5) is 0 Å². The van der Waals surface area contributed by atoms with Crippen LogP contribution in [0.25, 0.3) is 0 Å². The van der Waals surface area contributed by atoms with Crippen molar-refractivity contribution in [2.75, 3.05) is 19.8 Å². The third-order valence-electron chi connectivity index (χ3n) is 1.81. The molecule has 1 N–H and O–H groups in total. The Balaban J connectivity index is 3.15. The minimum Gasteiger partial charge on any atom is -0.377 e. The molecule has 0 aromatic rings. The van der Waals surface area contributed by atoms with Crippen LogP contribution in [-0.2, 0) is 9.53 Å². The maximum atomic E-state index is 11.2. The number of hydrogen-bond donors (Lipinski definition) is 1. The summed E-state index contributed by atoms with van der Waals surface area (Å²) in [5.74, 6) is 0.0742. The molecule has 0 heterocycles. The van der Waals surface area contributed by atoms with Crippen molar-refractivity contribution in [1.29, 1.82) is 0 Å². The number of rotatable bonds is 9. The van der Waals surface area contributed by atoms with Gasteiger partial charge in [0.15, 0.2) is 0 Å². The van der Waals surface area contributed by atoms with Crippen molar-refractivity contribution in [1.82, 2.24) is 5.32 Å². The van der Waals surface area contributed by atoms with Crippen molar-refractivity contribution in [2.45, 2.75) is 32.6 Å². The molecule has 1 amide bonds. The third kappa shape index (κ3) is 9.26. The maximum absolute atomic E-state index is 11.2. The van der Waals surface area contributed by atoms with Crippen LogP contribution in [-0.4, -0.2) is 25.7 Å². The molecule has 0 unspecified atom stereocenters. The first-order valence-corrected chi connectivity index (χ1v) is 5.26. The summed E-state index contributed by atoms with van der Waals surface area (Å²) in [6.07, 6.45) is 5.54. The highest BCUT2D eigenvalue weighted by Crippen LogP contribution is 1.91. The van der Waals surface area contributed by atoms with E-state index in [9.17, 15) is 4.79 Å². The molecule has 0 radical (unpaired) electrons. The number of nitrogens with one attached hydrogen (secondary N) is 1. The average molecular weight is 199 g/mol. The number of hydrogen-bond acceptors (Lipinski definition) is 2. The molecule has 0 aliphatic heterocycles. The summed E-state index contributed by atoms with van der Waals surface area (Å²) in [5, 5.41) is 2.85. The van der Waals surface area contributed by atoms with E-state index >= 15 is 0 Å². The summed E-state index contributed by atoms with van der Waals surface area (Å²) in [7, 11) is 0. The summed E-state index contributed by atoms with van der Waals surface area (Å²) in [5.41, 5.74) is 0. The highest BCUT2D eigenvalue weighted by atomic mass is 16.5. The Morgan fingerprint density at radius 1 is 1.50 bits per heavy atom. The monoisotopic (exact) mass is 199 g/mol. The summed E-state index contributed by atoms with van der Waals surface area (Å²) in [6.45, 7) is 7.45. The first kappa shape index (κ1) is 13.2. The van der Waals surface area contributed by atoms with E-state index in [2.05, 4.69) is 18.8 Å². The predicted octanol–water partition coefficient (Wildman–Crippen LogP) is 1.89. The summed E-state index contributed by atoms with van der Waals surface area (Å²) >= 11 is 0. The number of unbranched alkanes of at least 4 members (excludes halogenated alkanes) is 2. The predicted molar refractivity (Wildman–Crippen MR) is 58.2 cm³/mol. The van der Waals surface area contributed by atoms with Gasteiger partial charge in [0.1, 0.15) is 0 Å². The molecule has 3 heteroatoms. The first-order chi connectivity index (χ1) is 6.81. The minimum atomic E-state index is 0.0742. The fourth-order valence-electron chi connectivity index (χ4n) is 1.02. The van der Waals surface area contributed by atoms with E-state index in [4.69, 9.17) is 4.74 Å². The van der Waals surface area contributed by atoms with Gasteiger partial charge in [-0.3, -0.25) is 4.79 Å². The van der Waals surface area contributed by atoms with Crippen LogP contribution in [0.5, 0.6) is 0 Å². The lowest BCUT2D eigenvalue weighted by atomic mass is 10.2. The summed E-state index contributed by atoms with van der Waals surface area (Å²) < 4.78 is 5.10. The van der Waals surface area contributed by atoms with E-state index in [1.165, 1.54) is 12.8 Å². The normalized spacial score (nSPS) is 9.79. The lowest BCUT2D eigenvalue weighted by Crippen LogP contribution is -2.25. The van der Waals surface area contributed by atoms with Gasteiger partial charge in [-0.1, -0.05) is 25.8 Å². The lowest BCUT2D eigenvalue weighted by Gasteiger charge is -2.04. The molecule has 0 saturated heterocycles. The van der Waals surface area contributed by atoms with Crippen molar-refractivity contribution in [3.8, 4) is 0 Å². The molecule has 0 aromatic heterocycles. The van der Waals surface area contributed by atoms with Gasteiger partial charge in [-0.2, -0.15) is 0 Å². The molecular weight excluding hydrogens is 178 g/mol. The van der Waals surface area contributed by atoms with Crippen LogP contribution < -0.4 is 5.32 Å². The van der Waals surface area contributed by atoms with E-state index in [1.807, 2.05) is 0 Å². The number of carbonyl (C=O) groups is 1. The minimum absolute atomic E-state index is 0.0742. The zero-order valence-electron chi connectivity index (χ0n) is 9.05. The van der Waals surface area contributed by atoms with Gasteiger partial charge in [-0.05, 0) is 6.42 Å². The molecule has 0 spiro atoms. The topological polar surface area (TPSA) is 38.3 Å². The molecule has 14 heavy (non-hydrogen) atoms. The van der Waals surface area contributed by atoms with E-state index in [-0.39, 0.29) is 5.91 Å². The van der Waals surface area contributed by atoms with Crippen LogP contribution in [0.1, 0.15) is 32.6 Å². The SMILES string of the molecule is C=CCOCCC(=O)NCCCCC. The van der Waals surface area contributed by atoms with Gasteiger partial charge in [0, 0.05) is 13.0 Å². The van der Waals surface area contributed by atoms with E-state index in [0.717, 1.165) is 13.0 Å². The Hall–Kier alpha value is -0.830. The molecule has 0 atom stereocenters. The number of carbonyl (C=O) groups excluding carboxylic acids is 1. The van der Waals surface area contributed by atoms with Gasteiger partial charge >= 0.3 is 0 Å². The molecule has 0 aliphatic rings. The second-order valence-corrected chi connectivity index (χ2v) is 3.17. The lowest BCUT2D eigenvalue weighted by molar-refractivity contribution is -0.122. The Kier molecular flexibility index (Phi) is 9.64. The van der Waals surface area contributed by atoms with Crippen LogP contribution in [0.3, 0.4) is 0 Å². The molecule has 0 bridgehead atoms. The molecular formula is C11H21NO2. The largest absolute Gasteiger partial charge is 0.377 e. The zero-order valence-corrected chi connectivity index (χ0v) is 9.05. The summed E-state index contributed by atoms with van der Waals surface area (Å²) in [6, 6.07) is 0. The molecule has 0 aliphatic carbocycles. The standard InChI is InChI=1S/C11H21NO2/c1-3-5-6-8-12-11(13)7-10-14-9-4-2/h4H,2-3,5-10H2,1H3,(H,12,13). The average Bonchev–Trinajstić information content (AvgIpc) is 2.19. The van der Waals surface area contributed by atoms with Crippen molar-refractivity contribution < 1.29 is 9.53 Å². The van der Waals surface area contributed by atoms with Crippen LogP contribution in [0.15, 0.2) is 12.7 Å². The van der Waals surface area contributed by atoms with Crippen molar-refractivity contribution in [3.05, 3.63) is 12.7 Å². The fourth-order valence-corrected chi connectivity index (χ4v) is 1.02. The molecule has 0 fully saturated rings. The van der Waals surface area contributed by atoms with Gasteiger partial charge in [0.2, 0.25) is 5.91 Å². The first-order valence-electron chi connectivity index (χ1n) is 5.26. The molecule has 0 aromatic carbocycles. The zero-order chi connectivity index (χ0) is 10.6.